The van der Waals surface area contributed by atoms with Crippen LogP contribution in [0.2, 0.25) is 0 Å². The number of likely N-dealkylation sites (tertiary alicyclic amines) is 1. The van der Waals surface area contributed by atoms with E-state index in [-0.39, 0.29) is 23.6 Å². The first-order chi connectivity index (χ1) is 14.1. The van der Waals surface area contributed by atoms with Gasteiger partial charge in [-0.25, -0.2) is 0 Å². The number of anilines is 2. The van der Waals surface area contributed by atoms with Gasteiger partial charge in [-0.05, 0) is 32.1 Å². The number of hydrogen-bond acceptors (Lipinski definition) is 7. The van der Waals surface area contributed by atoms with Gasteiger partial charge in [0, 0.05) is 52.1 Å². The number of nitrogens with zero attached hydrogens (tertiary/aromatic N) is 5. The SMILES string of the molecule is O=C(NCCCN1CCCC1=O)C1CCCN(c2nnc(N3CCCC3=O)s2)C1. The largest absolute Gasteiger partial charge is 0.356 e. The van der Waals surface area contributed by atoms with Crippen LogP contribution in [-0.4, -0.2) is 72.1 Å². The van der Waals surface area contributed by atoms with Crippen molar-refractivity contribution in [2.45, 2.75) is 44.9 Å². The molecule has 1 aromatic heterocycles. The predicted molar refractivity (Wildman–Crippen MR) is 110 cm³/mol. The summed E-state index contributed by atoms with van der Waals surface area (Å²) in [5, 5.41) is 12.9. The van der Waals surface area contributed by atoms with Gasteiger partial charge in [-0.1, -0.05) is 11.3 Å². The van der Waals surface area contributed by atoms with E-state index >= 15 is 0 Å². The molecule has 4 rings (SSSR count). The Morgan fingerprint density at radius 2 is 1.83 bits per heavy atom. The summed E-state index contributed by atoms with van der Waals surface area (Å²) in [5.41, 5.74) is 0. The minimum absolute atomic E-state index is 0.0712. The van der Waals surface area contributed by atoms with Gasteiger partial charge in [0.1, 0.15) is 0 Å². The molecule has 3 amide bonds. The zero-order chi connectivity index (χ0) is 20.2. The van der Waals surface area contributed by atoms with Crippen molar-refractivity contribution in [1.82, 2.24) is 20.4 Å². The van der Waals surface area contributed by atoms with E-state index in [0.29, 0.717) is 37.6 Å². The Kier molecular flexibility index (Phi) is 6.27. The Bertz CT molecular complexity index is 769. The maximum absolute atomic E-state index is 12.6. The lowest BCUT2D eigenvalue weighted by atomic mass is 9.97. The zero-order valence-electron chi connectivity index (χ0n) is 16.6. The van der Waals surface area contributed by atoms with Crippen molar-refractivity contribution in [2.75, 3.05) is 49.1 Å². The number of carbonyl (C=O) groups excluding carboxylic acids is 3. The fourth-order valence-electron chi connectivity index (χ4n) is 4.23. The molecule has 0 aromatic carbocycles. The molecule has 0 spiro atoms. The number of nitrogens with one attached hydrogen (secondary N) is 1. The van der Waals surface area contributed by atoms with Gasteiger partial charge in [-0.3, -0.25) is 19.3 Å². The molecule has 0 aliphatic carbocycles. The molecule has 29 heavy (non-hydrogen) atoms. The maximum atomic E-state index is 12.6. The van der Waals surface area contributed by atoms with Crippen molar-refractivity contribution in [3.8, 4) is 0 Å². The molecule has 1 unspecified atom stereocenters. The van der Waals surface area contributed by atoms with Gasteiger partial charge < -0.3 is 15.1 Å². The molecule has 0 saturated carbocycles. The normalized spacial score (nSPS) is 22.6. The smallest absolute Gasteiger partial charge is 0.228 e. The molecule has 1 aromatic rings. The Hall–Kier alpha value is -2.23. The van der Waals surface area contributed by atoms with E-state index in [2.05, 4.69) is 20.4 Å². The Balaban J connectivity index is 1.24. The van der Waals surface area contributed by atoms with E-state index in [9.17, 15) is 14.4 Å². The molecule has 10 heteroatoms. The molecule has 3 fully saturated rings. The van der Waals surface area contributed by atoms with Crippen molar-refractivity contribution < 1.29 is 14.4 Å². The van der Waals surface area contributed by atoms with Crippen molar-refractivity contribution in [1.29, 1.82) is 0 Å². The Morgan fingerprint density at radius 3 is 2.59 bits per heavy atom. The van der Waals surface area contributed by atoms with E-state index in [1.807, 2.05) is 4.90 Å². The van der Waals surface area contributed by atoms with Gasteiger partial charge in [0.15, 0.2) is 0 Å². The average molecular weight is 421 g/mol. The second kappa shape index (κ2) is 9.06. The highest BCUT2D eigenvalue weighted by molar-refractivity contribution is 7.19. The lowest BCUT2D eigenvalue weighted by Gasteiger charge is -2.31. The van der Waals surface area contributed by atoms with Gasteiger partial charge >= 0.3 is 0 Å². The van der Waals surface area contributed by atoms with Gasteiger partial charge in [0.05, 0.1) is 5.92 Å². The molecule has 9 nitrogen and oxygen atoms in total. The quantitative estimate of drug-likeness (QED) is 0.661. The number of aromatic nitrogens is 2. The third-order valence-corrected chi connectivity index (χ3v) is 6.85. The van der Waals surface area contributed by atoms with Crippen LogP contribution in [0.4, 0.5) is 10.3 Å². The predicted octanol–water partition coefficient (Wildman–Crippen LogP) is 1.01. The summed E-state index contributed by atoms with van der Waals surface area (Å²) in [6.07, 6.45) is 5.63. The third kappa shape index (κ3) is 4.68. The highest BCUT2D eigenvalue weighted by Crippen LogP contribution is 2.32. The summed E-state index contributed by atoms with van der Waals surface area (Å²) in [6, 6.07) is 0. The summed E-state index contributed by atoms with van der Waals surface area (Å²) in [5.74, 6) is 0.338. The summed E-state index contributed by atoms with van der Waals surface area (Å²) < 4.78 is 0. The molecular weight excluding hydrogens is 392 g/mol. The molecule has 158 valence electrons. The van der Waals surface area contributed by atoms with Crippen LogP contribution < -0.4 is 15.1 Å². The topological polar surface area (TPSA) is 98.7 Å². The summed E-state index contributed by atoms with van der Waals surface area (Å²) >= 11 is 1.43. The van der Waals surface area contributed by atoms with Crippen LogP contribution in [0.15, 0.2) is 0 Å². The Labute approximate surface area is 174 Å². The number of piperidine rings is 1. The minimum Gasteiger partial charge on any atom is -0.356 e. The number of amides is 3. The number of carbonyl (C=O) groups is 3. The first kappa shape index (κ1) is 20.1. The standard InChI is InChI=1S/C19H28N6O3S/c26-15-6-2-9-23(15)11-4-8-20-17(28)14-5-1-10-24(13-14)18-21-22-19(29-18)25-12-3-7-16(25)27/h14H,1-13H2,(H,20,28). The van der Waals surface area contributed by atoms with Gasteiger partial charge in [-0.2, -0.15) is 0 Å². The first-order valence-electron chi connectivity index (χ1n) is 10.6. The molecule has 1 N–H and O–H groups in total. The summed E-state index contributed by atoms with van der Waals surface area (Å²) in [7, 11) is 0. The minimum atomic E-state index is -0.0714. The fraction of sp³-hybridized carbons (Fsp3) is 0.737. The van der Waals surface area contributed by atoms with Crippen LogP contribution in [-0.2, 0) is 14.4 Å². The molecular formula is C19H28N6O3S. The van der Waals surface area contributed by atoms with Crippen LogP contribution in [0.5, 0.6) is 0 Å². The van der Waals surface area contributed by atoms with Crippen molar-refractivity contribution in [2.24, 2.45) is 5.92 Å². The van der Waals surface area contributed by atoms with Crippen molar-refractivity contribution >= 4 is 39.3 Å². The fourth-order valence-corrected chi connectivity index (χ4v) is 5.15. The van der Waals surface area contributed by atoms with Crippen LogP contribution in [0.1, 0.15) is 44.9 Å². The zero-order valence-corrected chi connectivity index (χ0v) is 17.5. The maximum Gasteiger partial charge on any atom is 0.228 e. The molecule has 3 aliphatic heterocycles. The lowest BCUT2D eigenvalue weighted by Crippen LogP contribution is -2.43. The number of hydrogen-bond donors (Lipinski definition) is 1. The summed E-state index contributed by atoms with van der Waals surface area (Å²) in [4.78, 5) is 41.8. The highest BCUT2D eigenvalue weighted by atomic mass is 32.1. The summed E-state index contributed by atoms with van der Waals surface area (Å²) in [6.45, 7) is 4.35. The van der Waals surface area contributed by atoms with Crippen LogP contribution in [0.25, 0.3) is 0 Å². The molecule has 3 aliphatic rings. The van der Waals surface area contributed by atoms with E-state index in [1.54, 1.807) is 4.90 Å². The van der Waals surface area contributed by atoms with Gasteiger partial charge in [0.2, 0.25) is 28.0 Å². The first-order valence-corrected chi connectivity index (χ1v) is 11.4. The average Bonchev–Trinajstić information content (AvgIpc) is 3.46. The van der Waals surface area contributed by atoms with Crippen LogP contribution in [0, 0.1) is 5.92 Å². The van der Waals surface area contributed by atoms with Crippen molar-refractivity contribution in [3.63, 3.8) is 0 Å². The molecule has 4 heterocycles. The lowest BCUT2D eigenvalue weighted by molar-refractivity contribution is -0.127. The van der Waals surface area contributed by atoms with E-state index < -0.39 is 0 Å². The van der Waals surface area contributed by atoms with E-state index in [4.69, 9.17) is 0 Å². The van der Waals surface area contributed by atoms with E-state index in [0.717, 1.165) is 56.9 Å². The molecule has 0 bridgehead atoms. The Morgan fingerprint density at radius 1 is 1.03 bits per heavy atom. The molecule has 0 radical (unpaired) electrons. The van der Waals surface area contributed by atoms with E-state index in [1.165, 1.54) is 11.3 Å². The monoisotopic (exact) mass is 420 g/mol. The highest BCUT2D eigenvalue weighted by Gasteiger charge is 2.30. The van der Waals surface area contributed by atoms with Crippen LogP contribution in [0.3, 0.4) is 0 Å². The van der Waals surface area contributed by atoms with Gasteiger partial charge in [-0.15, -0.1) is 10.2 Å². The second-order valence-corrected chi connectivity index (χ2v) is 8.86. The molecule has 1 atom stereocenters. The van der Waals surface area contributed by atoms with Gasteiger partial charge in [0.25, 0.3) is 0 Å². The van der Waals surface area contributed by atoms with Crippen molar-refractivity contribution in [3.05, 3.63) is 0 Å². The number of rotatable bonds is 7. The third-order valence-electron chi connectivity index (χ3n) is 5.85. The second-order valence-electron chi connectivity index (χ2n) is 7.93. The van der Waals surface area contributed by atoms with Crippen LogP contribution >= 0.6 is 11.3 Å². The molecule has 3 saturated heterocycles.